The molecule has 1 nitrogen and oxygen atoms in total. The molecule has 0 unspecified atom stereocenters. The molecule has 38 valence electrons. The van der Waals surface area contributed by atoms with E-state index in [0.29, 0.717) is 0 Å². The van der Waals surface area contributed by atoms with Gasteiger partial charge in [0, 0.05) is 0 Å². The first-order chi connectivity index (χ1) is 2.56. The average Bonchev–Trinajstić information content (AvgIpc) is 1.35. The van der Waals surface area contributed by atoms with Gasteiger partial charge in [-0.3, -0.25) is 0 Å². The van der Waals surface area contributed by atoms with Gasteiger partial charge in [0.05, 0.1) is 18.7 Å². The quantitative estimate of drug-likeness (QED) is 0.428. The molecule has 0 bridgehead atoms. The van der Waals surface area contributed by atoms with E-state index in [9.17, 15) is 11.7 Å². The second-order valence-corrected chi connectivity index (χ2v) is 1.69. The number of nitrogens with zero attached hydrogens (tertiary/aromatic N) is 1. The maximum absolute atomic E-state index is 10.7. The van der Waals surface area contributed by atoms with Crippen molar-refractivity contribution in [1.29, 1.82) is 0 Å². The summed E-state index contributed by atoms with van der Waals surface area (Å²) in [5.41, 5.74) is 0. The van der Waals surface area contributed by atoms with Crippen LogP contribution in [0.2, 0.25) is 0 Å². The molecule has 0 aliphatic heterocycles. The Bertz CT molecular complexity index is 74.5. The highest BCUT2D eigenvalue weighted by atomic mass is 32.3. The highest BCUT2D eigenvalue weighted by Crippen LogP contribution is 2.11. The molecule has 0 saturated heterocycles. The summed E-state index contributed by atoms with van der Waals surface area (Å²) >= 11 is 0. The van der Waals surface area contributed by atoms with Gasteiger partial charge in [0.15, 0.2) is 0 Å². The van der Waals surface area contributed by atoms with Gasteiger partial charge in [-0.05, 0) is 4.36 Å². The molecule has 0 saturated carbocycles. The Hall–Kier alpha value is -0.0600. The summed E-state index contributed by atoms with van der Waals surface area (Å²) in [7, 11) is -4.29. The Balaban J connectivity index is 3.79. The highest BCUT2D eigenvalue weighted by molar-refractivity contribution is 7.90. The molecule has 0 rings (SSSR count). The Morgan fingerprint density at radius 1 is 1.33 bits per heavy atom. The van der Waals surface area contributed by atoms with E-state index in [0.717, 1.165) is 7.05 Å². The minimum Gasteiger partial charge on any atom is -0.0319 e. The van der Waals surface area contributed by atoms with E-state index in [1.54, 1.807) is 0 Å². The Morgan fingerprint density at radius 2 is 1.50 bits per heavy atom. The lowest BCUT2D eigenvalue weighted by Crippen LogP contribution is -1.76. The standard InChI is InChI=1S/CH3F3NS/c1-5-6(2,3)4/h1H3/q+1. The lowest BCUT2D eigenvalue weighted by molar-refractivity contribution is 0.638. The van der Waals surface area contributed by atoms with E-state index in [1.165, 1.54) is 0 Å². The van der Waals surface area contributed by atoms with Crippen molar-refractivity contribution in [2.75, 3.05) is 7.05 Å². The summed E-state index contributed by atoms with van der Waals surface area (Å²) < 4.78 is 34.2. The predicted octanol–water partition coefficient (Wildman–Crippen LogP) is 1.61. The molecule has 0 N–H and O–H groups in total. The van der Waals surface area contributed by atoms with Crippen molar-refractivity contribution in [3.05, 3.63) is 0 Å². The van der Waals surface area contributed by atoms with Crippen LogP contribution < -0.4 is 0 Å². The summed E-state index contributed by atoms with van der Waals surface area (Å²) in [5.74, 6) is 0. The van der Waals surface area contributed by atoms with Crippen LogP contribution in [0.15, 0.2) is 4.36 Å². The van der Waals surface area contributed by atoms with Crippen molar-refractivity contribution in [3.63, 3.8) is 0 Å². The third-order valence-corrected chi connectivity index (χ3v) is 0.621. The Labute approximate surface area is 35.1 Å². The number of hydrogen-bond donors (Lipinski definition) is 0. The lowest BCUT2D eigenvalue weighted by atomic mass is 11.6. The van der Waals surface area contributed by atoms with Crippen molar-refractivity contribution in [1.82, 2.24) is 0 Å². The average molecular weight is 118 g/mol. The molecule has 5 heteroatoms. The minimum absolute atomic E-state index is 0.745. The van der Waals surface area contributed by atoms with Crippen molar-refractivity contribution in [2.45, 2.75) is 0 Å². The third kappa shape index (κ3) is 3.94. The molecule has 0 amide bonds. The third-order valence-electron chi connectivity index (χ3n) is 0.207. The summed E-state index contributed by atoms with van der Waals surface area (Å²) in [6.45, 7) is 0. The Morgan fingerprint density at radius 3 is 1.50 bits per heavy atom. The molecule has 0 aliphatic rings. The topological polar surface area (TPSA) is 12.4 Å². The fourth-order valence-corrected chi connectivity index (χ4v) is 0. The maximum atomic E-state index is 10.7. The molecule has 0 aromatic heterocycles. The van der Waals surface area contributed by atoms with Crippen LogP contribution in [0, 0.1) is 0 Å². The van der Waals surface area contributed by atoms with Crippen LogP contribution in [-0.4, -0.2) is 7.05 Å². The highest BCUT2D eigenvalue weighted by Gasteiger charge is 2.22. The molecule has 0 aliphatic carbocycles. The first kappa shape index (κ1) is 5.94. The Kier molecular flexibility index (Phi) is 1.58. The van der Waals surface area contributed by atoms with Gasteiger partial charge < -0.3 is 0 Å². The lowest BCUT2D eigenvalue weighted by Gasteiger charge is -1.66. The van der Waals surface area contributed by atoms with E-state index in [2.05, 4.69) is 4.36 Å². The first-order valence-corrected chi connectivity index (χ1v) is 2.38. The van der Waals surface area contributed by atoms with Crippen LogP contribution in [0.3, 0.4) is 0 Å². The largest absolute Gasteiger partial charge is 0.532 e. The normalized spacial score (nSPS) is 11.3. The maximum Gasteiger partial charge on any atom is 0.532 e. The van der Waals surface area contributed by atoms with Gasteiger partial charge >= 0.3 is 11.0 Å². The van der Waals surface area contributed by atoms with Crippen LogP contribution in [0.25, 0.3) is 0 Å². The molecule has 0 aromatic rings. The number of hydrogen-bond acceptors (Lipinski definition) is 1. The molecule has 0 radical (unpaired) electrons. The van der Waals surface area contributed by atoms with E-state index in [-0.39, 0.29) is 0 Å². The van der Waals surface area contributed by atoms with Gasteiger partial charge in [0.1, 0.15) is 0 Å². The second kappa shape index (κ2) is 1.59. The van der Waals surface area contributed by atoms with Gasteiger partial charge in [-0.1, -0.05) is 0 Å². The second-order valence-electron chi connectivity index (χ2n) is 0.565. The van der Waals surface area contributed by atoms with Crippen LogP contribution in [-0.2, 0) is 11.0 Å². The van der Waals surface area contributed by atoms with Crippen molar-refractivity contribution in [2.24, 2.45) is 4.36 Å². The summed E-state index contributed by atoms with van der Waals surface area (Å²) in [6.07, 6.45) is 0. The van der Waals surface area contributed by atoms with Gasteiger partial charge in [-0.2, -0.15) is 0 Å². The van der Waals surface area contributed by atoms with E-state index < -0.39 is 11.0 Å². The van der Waals surface area contributed by atoms with Gasteiger partial charge in [0.25, 0.3) is 0 Å². The molecular formula is CH3F3NS+. The fourth-order valence-electron chi connectivity index (χ4n) is 0. The zero-order chi connectivity index (χ0) is 5.21. The van der Waals surface area contributed by atoms with Crippen molar-refractivity contribution in [3.8, 4) is 0 Å². The number of halogens is 3. The summed E-state index contributed by atoms with van der Waals surface area (Å²) in [6, 6.07) is 0. The van der Waals surface area contributed by atoms with Crippen LogP contribution in [0.5, 0.6) is 0 Å². The van der Waals surface area contributed by atoms with Crippen LogP contribution in [0.4, 0.5) is 11.7 Å². The number of rotatable bonds is 0. The van der Waals surface area contributed by atoms with Crippen molar-refractivity contribution < 1.29 is 11.7 Å². The zero-order valence-electron chi connectivity index (χ0n) is 2.99. The predicted molar refractivity (Wildman–Crippen MR) is 19.0 cm³/mol. The van der Waals surface area contributed by atoms with E-state index in [4.69, 9.17) is 0 Å². The molecule has 0 spiro atoms. The molecule has 0 heterocycles. The minimum atomic E-state index is -5.04. The summed E-state index contributed by atoms with van der Waals surface area (Å²) in [5, 5.41) is 0. The van der Waals surface area contributed by atoms with Crippen molar-refractivity contribution >= 4 is 11.0 Å². The fraction of sp³-hybridized carbons (Fsp3) is 1.00. The summed E-state index contributed by atoms with van der Waals surface area (Å²) in [4.78, 5) is 0. The van der Waals surface area contributed by atoms with Crippen LogP contribution >= 0.6 is 0 Å². The van der Waals surface area contributed by atoms with Gasteiger partial charge in [0.2, 0.25) is 0 Å². The van der Waals surface area contributed by atoms with Crippen LogP contribution in [0.1, 0.15) is 0 Å². The SMILES string of the molecule is CN=[S+](F)(F)F. The van der Waals surface area contributed by atoms with E-state index in [1.807, 2.05) is 0 Å². The monoisotopic (exact) mass is 118 g/mol. The van der Waals surface area contributed by atoms with Gasteiger partial charge in [-0.25, -0.2) is 0 Å². The zero-order valence-corrected chi connectivity index (χ0v) is 3.81. The first-order valence-electron chi connectivity index (χ1n) is 1.09. The molecule has 6 heavy (non-hydrogen) atoms. The molecule has 0 atom stereocenters. The van der Waals surface area contributed by atoms with E-state index >= 15 is 0 Å². The molecular weight excluding hydrogens is 115 g/mol. The molecule has 0 fully saturated rings. The van der Waals surface area contributed by atoms with Gasteiger partial charge in [-0.15, -0.1) is 0 Å². The molecule has 0 aromatic carbocycles. The smallest absolute Gasteiger partial charge is 0.0319 e.